The van der Waals surface area contributed by atoms with Crippen molar-refractivity contribution in [1.29, 1.82) is 0 Å². The molecule has 0 aromatic carbocycles. The van der Waals surface area contributed by atoms with Crippen LogP contribution in [0.2, 0.25) is 0 Å². The quantitative estimate of drug-likeness (QED) is 0.228. The van der Waals surface area contributed by atoms with Gasteiger partial charge in [0.1, 0.15) is 24.4 Å². The first kappa shape index (κ1) is 23.8. The molecule has 0 bridgehead atoms. The summed E-state index contributed by atoms with van der Waals surface area (Å²) in [6.07, 6.45) is -4.99. The van der Waals surface area contributed by atoms with Crippen molar-refractivity contribution in [2.24, 2.45) is 0 Å². The van der Waals surface area contributed by atoms with E-state index in [4.69, 9.17) is 46.0 Å². The zero-order chi connectivity index (χ0) is 17.8. The Kier molecular flexibility index (Phi) is 14.1. The Balaban J connectivity index is 0. The minimum absolute atomic E-state index is 0.125. The molecule has 1 aliphatic rings. The molecular formula is C11H26O11. The fourth-order valence-corrected chi connectivity index (χ4v) is 1.21. The first-order valence-electron chi connectivity index (χ1n) is 6.37. The Morgan fingerprint density at radius 3 is 1.50 bits per heavy atom. The molecule has 4 atom stereocenters. The van der Waals surface area contributed by atoms with E-state index in [0.29, 0.717) is 0 Å². The summed E-state index contributed by atoms with van der Waals surface area (Å²) in [6.45, 7) is -2.34. The molecule has 0 radical (unpaired) electrons. The third kappa shape index (κ3) is 8.26. The van der Waals surface area contributed by atoms with Crippen LogP contribution >= 0.6 is 0 Å². The predicted octanol–water partition coefficient (Wildman–Crippen LogP) is -5.92. The molecule has 0 aromatic rings. The van der Waals surface area contributed by atoms with Gasteiger partial charge < -0.3 is 55.8 Å². The number of ether oxygens (including phenoxy) is 1. The van der Waals surface area contributed by atoms with E-state index in [9.17, 15) is 5.11 Å². The average Bonchev–Trinajstić information content (AvgIpc) is 2.79. The highest BCUT2D eigenvalue weighted by molar-refractivity contribution is 4.94. The summed E-state index contributed by atoms with van der Waals surface area (Å²) in [6, 6.07) is 0. The minimum atomic E-state index is -2.16. The number of aliphatic hydroxyl groups excluding tert-OH is 9. The highest BCUT2D eigenvalue weighted by Gasteiger charge is 2.52. The number of aliphatic hydroxyl groups is 10. The van der Waals surface area contributed by atoms with Crippen LogP contribution in [0.3, 0.4) is 0 Å². The molecular weight excluding hydrogens is 308 g/mol. The molecule has 1 aliphatic heterocycles. The summed E-state index contributed by atoms with van der Waals surface area (Å²) < 4.78 is 4.63. The third-order valence-electron chi connectivity index (χ3n) is 2.45. The average molecular weight is 334 g/mol. The van der Waals surface area contributed by atoms with Crippen LogP contribution in [0.25, 0.3) is 0 Å². The topological polar surface area (TPSA) is 212 Å². The van der Waals surface area contributed by atoms with Crippen molar-refractivity contribution in [3.05, 3.63) is 0 Å². The van der Waals surface area contributed by atoms with E-state index >= 15 is 0 Å². The summed E-state index contributed by atoms with van der Waals surface area (Å²) in [5.74, 6) is -2.16. The van der Waals surface area contributed by atoms with E-state index in [1.54, 1.807) is 0 Å². The molecule has 0 amide bonds. The zero-order valence-electron chi connectivity index (χ0n) is 11.9. The lowest BCUT2D eigenvalue weighted by Crippen LogP contribution is -2.46. The molecule has 0 unspecified atom stereocenters. The smallest absolute Gasteiger partial charge is 0.219 e. The largest absolute Gasteiger partial charge is 0.394 e. The molecule has 11 nitrogen and oxygen atoms in total. The molecule has 1 rings (SSSR count). The first-order valence-corrected chi connectivity index (χ1v) is 6.37. The molecule has 1 saturated heterocycles. The van der Waals surface area contributed by atoms with Crippen LogP contribution in [0.1, 0.15) is 0 Å². The minimum Gasteiger partial charge on any atom is -0.394 e. The molecule has 0 aliphatic carbocycles. The molecule has 1 heterocycles. The molecule has 0 spiro atoms. The van der Waals surface area contributed by atoms with Crippen molar-refractivity contribution in [2.75, 3.05) is 39.6 Å². The van der Waals surface area contributed by atoms with Gasteiger partial charge in [0.2, 0.25) is 5.79 Å². The van der Waals surface area contributed by atoms with Crippen LogP contribution in [0.4, 0.5) is 0 Å². The molecule has 0 aromatic heterocycles. The first-order chi connectivity index (χ1) is 10.3. The normalized spacial score (nSPS) is 30.4. The van der Waals surface area contributed by atoms with Gasteiger partial charge in [0.05, 0.1) is 39.6 Å². The molecule has 0 saturated carbocycles. The lowest BCUT2D eigenvalue weighted by atomic mass is 10.1. The van der Waals surface area contributed by atoms with E-state index in [1.165, 1.54) is 0 Å². The van der Waals surface area contributed by atoms with E-state index in [0.717, 1.165) is 0 Å². The van der Waals surface area contributed by atoms with Crippen molar-refractivity contribution < 1.29 is 55.8 Å². The predicted molar refractivity (Wildman–Crippen MR) is 70.4 cm³/mol. The maximum absolute atomic E-state index is 9.25. The van der Waals surface area contributed by atoms with Gasteiger partial charge in [0.25, 0.3) is 0 Å². The maximum Gasteiger partial charge on any atom is 0.219 e. The summed E-state index contributed by atoms with van der Waals surface area (Å²) in [5.41, 5.74) is 0. The molecule has 136 valence electrons. The second-order valence-electron chi connectivity index (χ2n) is 4.24. The van der Waals surface area contributed by atoms with Gasteiger partial charge in [-0.1, -0.05) is 0 Å². The maximum atomic E-state index is 9.25. The van der Waals surface area contributed by atoms with Gasteiger partial charge in [-0.15, -0.1) is 0 Å². The van der Waals surface area contributed by atoms with Crippen molar-refractivity contribution >= 4 is 0 Å². The van der Waals surface area contributed by atoms with E-state index < -0.39 is 43.4 Å². The van der Waals surface area contributed by atoms with Gasteiger partial charge in [-0.2, -0.15) is 0 Å². The Bertz CT molecular complexity index is 248. The van der Waals surface area contributed by atoms with Crippen molar-refractivity contribution in [3.8, 4) is 0 Å². The van der Waals surface area contributed by atoms with E-state index in [2.05, 4.69) is 4.74 Å². The highest BCUT2D eigenvalue weighted by atomic mass is 16.7. The SMILES string of the molecule is OCC(O)CO.OCCO.OC[C@H]1O[C@](O)(CO)[C@@H](O)[C@@H]1O. The van der Waals surface area contributed by atoms with Crippen molar-refractivity contribution in [3.63, 3.8) is 0 Å². The Hall–Kier alpha value is -0.440. The van der Waals surface area contributed by atoms with Gasteiger partial charge >= 0.3 is 0 Å². The zero-order valence-corrected chi connectivity index (χ0v) is 11.9. The summed E-state index contributed by atoms with van der Waals surface area (Å²) in [7, 11) is 0. The van der Waals surface area contributed by atoms with E-state index in [1.807, 2.05) is 0 Å². The van der Waals surface area contributed by atoms with Crippen LogP contribution in [-0.2, 0) is 4.74 Å². The van der Waals surface area contributed by atoms with Crippen LogP contribution in [-0.4, -0.2) is 121 Å². The second-order valence-corrected chi connectivity index (χ2v) is 4.24. The third-order valence-corrected chi connectivity index (χ3v) is 2.45. The lowest BCUT2D eigenvalue weighted by Gasteiger charge is -2.22. The molecule has 11 heteroatoms. The number of rotatable bonds is 5. The number of hydrogen-bond acceptors (Lipinski definition) is 11. The molecule has 10 N–H and O–H groups in total. The van der Waals surface area contributed by atoms with Gasteiger partial charge in [-0.25, -0.2) is 0 Å². The van der Waals surface area contributed by atoms with Crippen LogP contribution < -0.4 is 0 Å². The Morgan fingerprint density at radius 1 is 0.909 bits per heavy atom. The van der Waals surface area contributed by atoms with Crippen LogP contribution in [0.15, 0.2) is 0 Å². The monoisotopic (exact) mass is 334 g/mol. The van der Waals surface area contributed by atoms with Crippen molar-refractivity contribution in [2.45, 2.75) is 30.2 Å². The summed E-state index contributed by atoms with van der Waals surface area (Å²) in [5, 5.41) is 83.9. The Labute approximate surface area is 126 Å². The lowest BCUT2D eigenvalue weighted by molar-refractivity contribution is -0.248. The molecule has 1 fully saturated rings. The Morgan fingerprint density at radius 2 is 1.36 bits per heavy atom. The second kappa shape index (κ2) is 13.0. The van der Waals surface area contributed by atoms with Crippen LogP contribution in [0, 0.1) is 0 Å². The van der Waals surface area contributed by atoms with Crippen LogP contribution in [0.5, 0.6) is 0 Å². The van der Waals surface area contributed by atoms with Crippen molar-refractivity contribution in [1.82, 2.24) is 0 Å². The highest BCUT2D eigenvalue weighted by Crippen LogP contribution is 2.28. The summed E-state index contributed by atoms with van der Waals surface area (Å²) >= 11 is 0. The van der Waals surface area contributed by atoms with E-state index in [-0.39, 0.29) is 26.4 Å². The fourth-order valence-electron chi connectivity index (χ4n) is 1.21. The van der Waals surface area contributed by atoms with Gasteiger partial charge in [-0.3, -0.25) is 0 Å². The van der Waals surface area contributed by atoms with Gasteiger partial charge in [0, 0.05) is 0 Å². The van der Waals surface area contributed by atoms with Gasteiger partial charge in [0.15, 0.2) is 0 Å². The molecule has 22 heavy (non-hydrogen) atoms. The summed E-state index contributed by atoms with van der Waals surface area (Å²) in [4.78, 5) is 0. The van der Waals surface area contributed by atoms with Gasteiger partial charge in [-0.05, 0) is 0 Å². The number of hydrogen-bond donors (Lipinski definition) is 10. The standard InChI is InChI=1S/C6H12O6.C3H8O3.C2H6O2/c7-1-3-4(9)5(10)6(11,2-8)12-3;4-1-3(6)2-5;3-1-2-4/h3-5,7-11H,1-2H2;3-6H,1-2H2;3-4H,1-2H2/t3-,4-,5+,6-;;/m1../s1. The fraction of sp³-hybridized carbons (Fsp3) is 1.00.